The molecule has 0 amide bonds. The average molecular weight is 323 g/mol. The number of hydrogen-bond acceptors (Lipinski definition) is 5. The lowest BCUT2D eigenvalue weighted by Crippen LogP contribution is -2.24. The summed E-state index contributed by atoms with van der Waals surface area (Å²) < 4.78 is 5.30. The smallest absolute Gasteiger partial charge is 0.181 e. The molecule has 6 heteroatoms. The Kier molecular flexibility index (Phi) is 3.90. The van der Waals surface area contributed by atoms with Gasteiger partial charge in [-0.3, -0.25) is 10.00 Å². The van der Waals surface area contributed by atoms with Gasteiger partial charge in [0, 0.05) is 17.7 Å². The molecule has 0 spiro atoms. The molecular weight excluding hydrogens is 302 g/mol. The van der Waals surface area contributed by atoms with E-state index < -0.39 is 0 Å². The van der Waals surface area contributed by atoms with Gasteiger partial charge in [-0.25, -0.2) is 4.98 Å². The summed E-state index contributed by atoms with van der Waals surface area (Å²) in [6.07, 6.45) is 2.25. The molecule has 1 fully saturated rings. The Bertz CT molecular complexity index is 804. The maximum absolute atomic E-state index is 5.30. The summed E-state index contributed by atoms with van der Waals surface area (Å²) in [6.45, 7) is 5.87. The van der Waals surface area contributed by atoms with Crippen LogP contribution in [0.2, 0.25) is 0 Å². The van der Waals surface area contributed by atoms with E-state index in [0.29, 0.717) is 0 Å². The fraction of sp³-hybridized carbons (Fsp3) is 0.389. The minimum atomic E-state index is 0.267. The van der Waals surface area contributed by atoms with Crippen molar-refractivity contribution in [3.05, 3.63) is 53.2 Å². The quantitative estimate of drug-likeness (QED) is 0.796. The molecule has 0 bridgehead atoms. The summed E-state index contributed by atoms with van der Waals surface area (Å²) in [6, 6.07) is 10.3. The highest BCUT2D eigenvalue weighted by atomic mass is 16.5. The molecule has 1 aromatic carbocycles. The topological polar surface area (TPSA) is 70.8 Å². The fourth-order valence-corrected chi connectivity index (χ4v) is 3.40. The zero-order chi connectivity index (χ0) is 16.5. The predicted molar refractivity (Wildman–Crippen MR) is 90.2 cm³/mol. The second-order valence-corrected chi connectivity index (χ2v) is 6.34. The van der Waals surface area contributed by atoms with Crippen LogP contribution in [-0.4, -0.2) is 31.8 Å². The molecule has 0 saturated carbocycles. The second kappa shape index (κ2) is 6.20. The van der Waals surface area contributed by atoms with Crippen molar-refractivity contribution in [1.82, 2.24) is 25.2 Å². The van der Waals surface area contributed by atoms with E-state index in [-0.39, 0.29) is 6.04 Å². The molecule has 0 aliphatic carbocycles. The van der Waals surface area contributed by atoms with Crippen LogP contribution in [0, 0.1) is 13.8 Å². The highest BCUT2D eigenvalue weighted by molar-refractivity contribution is 5.53. The first kappa shape index (κ1) is 15.1. The van der Waals surface area contributed by atoms with Crippen LogP contribution >= 0.6 is 0 Å². The third-order valence-corrected chi connectivity index (χ3v) is 4.76. The normalized spacial score (nSPS) is 18.3. The fourth-order valence-electron chi connectivity index (χ4n) is 3.40. The van der Waals surface area contributed by atoms with Gasteiger partial charge in [-0.05, 0) is 33.2 Å². The van der Waals surface area contributed by atoms with Crippen molar-refractivity contribution < 1.29 is 4.52 Å². The SMILES string of the molecule is Cc1noc(C)c1CN1CCC[C@H]1c1nc(-c2ccccc2)n[nH]1. The number of likely N-dealkylation sites (tertiary alicyclic amines) is 1. The van der Waals surface area contributed by atoms with Crippen LogP contribution < -0.4 is 0 Å². The molecular formula is C18H21N5O. The van der Waals surface area contributed by atoms with E-state index in [1.165, 1.54) is 5.56 Å². The highest BCUT2D eigenvalue weighted by Crippen LogP contribution is 2.33. The van der Waals surface area contributed by atoms with Crippen LogP contribution in [0.15, 0.2) is 34.9 Å². The minimum absolute atomic E-state index is 0.267. The van der Waals surface area contributed by atoms with E-state index in [1.54, 1.807) is 0 Å². The third kappa shape index (κ3) is 2.73. The van der Waals surface area contributed by atoms with E-state index in [4.69, 9.17) is 9.51 Å². The van der Waals surface area contributed by atoms with Gasteiger partial charge >= 0.3 is 0 Å². The van der Waals surface area contributed by atoms with E-state index in [2.05, 4.69) is 20.3 Å². The Hall–Kier alpha value is -2.47. The molecule has 1 N–H and O–H groups in total. The van der Waals surface area contributed by atoms with Gasteiger partial charge < -0.3 is 4.52 Å². The molecule has 24 heavy (non-hydrogen) atoms. The van der Waals surface area contributed by atoms with Gasteiger partial charge in [0.2, 0.25) is 0 Å². The number of rotatable bonds is 4. The van der Waals surface area contributed by atoms with E-state index in [1.807, 2.05) is 44.2 Å². The van der Waals surface area contributed by atoms with Crippen molar-refractivity contribution in [1.29, 1.82) is 0 Å². The van der Waals surface area contributed by atoms with E-state index in [9.17, 15) is 0 Å². The van der Waals surface area contributed by atoms with E-state index >= 15 is 0 Å². The molecule has 6 nitrogen and oxygen atoms in total. The average Bonchev–Trinajstić information content (AvgIpc) is 3.32. The van der Waals surface area contributed by atoms with Crippen molar-refractivity contribution in [2.75, 3.05) is 6.54 Å². The Morgan fingerprint density at radius 2 is 2.08 bits per heavy atom. The molecule has 3 aromatic rings. The Morgan fingerprint density at radius 1 is 1.25 bits per heavy atom. The molecule has 124 valence electrons. The number of aromatic amines is 1. The van der Waals surface area contributed by atoms with Crippen molar-refractivity contribution in [2.24, 2.45) is 0 Å². The summed E-state index contributed by atoms with van der Waals surface area (Å²) in [7, 11) is 0. The lowest BCUT2D eigenvalue weighted by atomic mass is 10.1. The number of H-pyrrole nitrogens is 1. The van der Waals surface area contributed by atoms with Crippen LogP contribution in [0.4, 0.5) is 0 Å². The van der Waals surface area contributed by atoms with Crippen LogP contribution in [0.5, 0.6) is 0 Å². The van der Waals surface area contributed by atoms with Crippen LogP contribution in [0.1, 0.15) is 41.7 Å². The molecule has 1 aliphatic rings. The first-order valence-electron chi connectivity index (χ1n) is 8.36. The zero-order valence-electron chi connectivity index (χ0n) is 14.0. The van der Waals surface area contributed by atoms with Gasteiger partial charge in [-0.15, -0.1) is 0 Å². The number of hydrogen-bond donors (Lipinski definition) is 1. The van der Waals surface area contributed by atoms with Crippen molar-refractivity contribution in [2.45, 2.75) is 39.3 Å². The summed E-state index contributed by atoms with van der Waals surface area (Å²) in [4.78, 5) is 7.17. The predicted octanol–water partition coefficient (Wildman–Crippen LogP) is 3.41. The highest BCUT2D eigenvalue weighted by Gasteiger charge is 2.30. The van der Waals surface area contributed by atoms with Gasteiger partial charge in [0.05, 0.1) is 11.7 Å². The molecule has 4 rings (SSSR count). The first-order valence-corrected chi connectivity index (χ1v) is 8.36. The van der Waals surface area contributed by atoms with Gasteiger partial charge in [-0.1, -0.05) is 35.5 Å². The number of benzene rings is 1. The lowest BCUT2D eigenvalue weighted by Gasteiger charge is -2.22. The summed E-state index contributed by atoms with van der Waals surface area (Å²) >= 11 is 0. The van der Waals surface area contributed by atoms with Crippen LogP contribution in [0.3, 0.4) is 0 Å². The Morgan fingerprint density at radius 3 is 2.83 bits per heavy atom. The molecule has 0 unspecified atom stereocenters. The maximum atomic E-state index is 5.30. The lowest BCUT2D eigenvalue weighted by molar-refractivity contribution is 0.238. The Balaban J connectivity index is 1.56. The molecule has 1 aliphatic heterocycles. The molecule has 1 saturated heterocycles. The van der Waals surface area contributed by atoms with Gasteiger partial charge in [0.25, 0.3) is 0 Å². The first-order chi connectivity index (χ1) is 11.7. The number of aromatic nitrogens is 4. The maximum Gasteiger partial charge on any atom is 0.181 e. The van der Waals surface area contributed by atoms with E-state index in [0.717, 1.165) is 54.6 Å². The van der Waals surface area contributed by atoms with Crippen molar-refractivity contribution in [3.8, 4) is 11.4 Å². The summed E-state index contributed by atoms with van der Waals surface area (Å²) in [5.74, 6) is 2.61. The number of nitrogens with zero attached hydrogens (tertiary/aromatic N) is 4. The number of nitrogens with one attached hydrogen (secondary N) is 1. The third-order valence-electron chi connectivity index (χ3n) is 4.76. The minimum Gasteiger partial charge on any atom is -0.361 e. The summed E-state index contributed by atoms with van der Waals surface area (Å²) in [5.41, 5.74) is 3.20. The summed E-state index contributed by atoms with van der Waals surface area (Å²) in [5, 5.41) is 11.6. The number of aryl methyl sites for hydroxylation is 2. The second-order valence-electron chi connectivity index (χ2n) is 6.34. The molecule has 3 heterocycles. The van der Waals surface area contributed by atoms with Gasteiger partial charge in [-0.2, -0.15) is 5.10 Å². The zero-order valence-corrected chi connectivity index (χ0v) is 14.0. The van der Waals surface area contributed by atoms with Crippen molar-refractivity contribution >= 4 is 0 Å². The molecule has 0 radical (unpaired) electrons. The largest absolute Gasteiger partial charge is 0.361 e. The van der Waals surface area contributed by atoms with Crippen LogP contribution in [0.25, 0.3) is 11.4 Å². The van der Waals surface area contributed by atoms with Gasteiger partial charge in [0.15, 0.2) is 5.82 Å². The molecule has 1 atom stereocenters. The Labute approximate surface area is 140 Å². The van der Waals surface area contributed by atoms with Gasteiger partial charge in [0.1, 0.15) is 11.6 Å². The monoisotopic (exact) mass is 323 g/mol. The standard InChI is InChI=1S/C18H21N5O/c1-12-15(13(2)24-22-12)11-23-10-6-9-16(23)18-19-17(20-21-18)14-7-4-3-5-8-14/h3-5,7-8,16H,6,9-11H2,1-2H3,(H,19,20,21)/t16-/m0/s1. The molecule has 2 aromatic heterocycles. The van der Waals surface area contributed by atoms with Crippen LogP contribution in [-0.2, 0) is 6.54 Å². The van der Waals surface area contributed by atoms with Crippen molar-refractivity contribution in [3.63, 3.8) is 0 Å².